The largest absolute Gasteiger partial charge is 1.00 e. The first-order valence-electron chi connectivity index (χ1n) is 5.91. The molecule has 0 unspecified atom stereocenters. The number of hydrogen-bond acceptors (Lipinski definition) is 3. The molecule has 0 aliphatic rings. The Morgan fingerprint density at radius 2 is 1.90 bits per heavy atom. The van der Waals surface area contributed by atoms with E-state index < -0.39 is 12.4 Å². The van der Waals surface area contributed by atoms with Gasteiger partial charge in [-0.1, -0.05) is 11.5 Å². The van der Waals surface area contributed by atoms with Gasteiger partial charge in [-0.05, 0) is 30.3 Å². The van der Waals surface area contributed by atoms with Gasteiger partial charge in [0.1, 0.15) is 12.4 Å². The number of halogens is 3. The van der Waals surface area contributed by atoms with Crippen LogP contribution in [0.1, 0.15) is 5.69 Å². The molecule has 0 aliphatic carbocycles. The van der Waals surface area contributed by atoms with E-state index in [0.717, 1.165) is 6.07 Å². The first kappa shape index (κ1) is 18.5. The molecule has 0 atom stereocenters. The molecule has 0 saturated carbocycles. The molecule has 2 aromatic rings. The third kappa shape index (κ3) is 5.30. The van der Waals surface area contributed by atoms with E-state index in [9.17, 15) is 12.9 Å². The minimum absolute atomic E-state index is 0. The van der Waals surface area contributed by atoms with Crippen molar-refractivity contribution in [2.45, 2.75) is 6.61 Å². The molecule has 0 aliphatic heterocycles. The van der Waals surface area contributed by atoms with Gasteiger partial charge in [-0.25, -0.2) is 0 Å². The summed E-state index contributed by atoms with van der Waals surface area (Å²) in [5.41, 5.74) is -0.246. The second-order valence-corrected chi connectivity index (χ2v) is 4.09. The summed E-state index contributed by atoms with van der Waals surface area (Å²) in [5.74, 6) is -0.0756. The van der Waals surface area contributed by atoms with E-state index in [1.165, 1.54) is 19.2 Å². The topological polar surface area (TPSA) is 31.4 Å². The Balaban J connectivity index is 0.00000220. The molecule has 1 aromatic carbocycles. The van der Waals surface area contributed by atoms with Crippen LogP contribution in [0.2, 0.25) is 0 Å². The Kier molecular flexibility index (Phi) is 7.22. The Morgan fingerprint density at radius 1 is 1.14 bits per heavy atom. The van der Waals surface area contributed by atoms with E-state index in [1.807, 2.05) is 0 Å². The normalized spacial score (nSPS) is 10.7. The zero-order valence-corrected chi connectivity index (χ0v) is 14.8. The molecule has 1 aromatic heterocycles. The summed E-state index contributed by atoms with van der Waals surface area (Å²) in [6, 6.07) is 8.77. The number of ether oxygens (including phenoxy) is 2. The van der Waals surface area contributed by atoms with Crippen LogP contribution in [0.15, 0.2) is 42.6 Å². The molecule has 0 amide bonds. The van der Waals surface area contributed by atoms with Crippen molar-refractivity contribution in [2.75, 3.05) is 7.11 Å². The van der Waals surface area contributed by atoms with Gasteiger partial charge in [0.25, 0.3) is 0 Å². The van der Waals surface area contributed by atoms with Crippen LogP contribution in [-0.4, -0.2) is 19.1 Å². The third-order valence-corrected chi connectivity index (χ3v) is 2.67. The zero-order valence-electron chi connectivity index (χ0n) is 11.7. The van der Waals surface area contributed by atoms with Crippen molar-refractivity contribution in [1.29, 1.82) is 0 Å². The Labute approximate surface area is 163 Å². The summed E-state index contributed by atoms with van der Waals surface area (Å²) < 4.78 is 49.0. The van der Waals surface area contributed by atoms with Crippen LogP contribution in [0.4, 0.5) is 12.9 Å². The standard InChI is InChI=1S/C13H12BF3NO2.K/c1-19-11-5-6-13(12(8-11)14(15,16)17)20-9-10-4-2-3-7-18-10;/h2-8H,9H2,1H3;/q-1;+1. The van der Waals surface area contributed by atoms with Crippen LogP contribution >= 0.6 is 0 Å². The van der Waals surface area contributed by atoms with Crippen molar-refractivity contribution in [3.8, 4) is 11.5 Å². The van der Waals surface area contributed by atoms with Crippen molar-refractivity contribution < 1.29 is 73.8 Å². The van der Waals surface area contributed by atoms with E-state index in [1.54, 1.807) is 24.4 Å². The zero-order chi connectivity index (χ0) is 14.6. The van der Waals surface area contributed by atoms with Gasteiger partial charge >= 0.3 is 58.4 Å². The van der Waals surface area contributed by atoms with Crippen LogP contribution in [0.3, 0.4) is 0 Å². The Morgan fingerprint density at radius 3 is 2.48 bits per heavy atom. The van der Waals surface area contributed by atoms with Gasteiger partial charge in [0.15, 0.2) is 0 Å². The first-order valence-corrected chi connectivity index (χ1v) is 5.91. The second-order valence-electron chi connectivity index (χ2n) is 4.09. The number of pyridine rings is 1. The quantitative estimate of drug-likeness (QED) is 0.711. The Bertz CT molecular complexity index is 581. The smallest absolute Gasteiger partial charge is 0.497 e. The molecule has 3 nitrogen and oxygen atoms in total. The molecular weight excluding hydrogens is 309 g/mol. The second kappa shape index (κ2) is 8.19. The fourth-order valence-corrected chi connectivity index (χ4v) is 1.68. The maximum absolute atomic E-state index is 13.0. The Hall–Kier alpha value is -0.539. The van der Waals surface area contributed by atoms with Gasteiger partial charge in [-0.2, -0.15) is 0 Å². The maximum Gasteiger partial charge on any atom is 1.00 e. The van der Waals surface area contributed by atoms with Crippen molar-refractivity contribution in [2.24, 2.45) is 0 Å². The minimum atomic E-state index is -5.17. The summed E-state index contributed by atoms with van der Waals surface area (Å²) in [6.07, 6.45) is 1.56. The minimum Gasteiger partial charge on any atom is -0.497 e. The van der Waals surface area contributed by atoms with Gasteiger partial charge < -0.3 is 22.4 Å². The van der Waals surface area contributed by atoms with Gasteiger partial charge in [0.2, 0.25) is 0 Å². The van der Waals surface area contributed by atoms with E-state index in [-0.39, 0.29) is 69.5 Å². The summed E-state index contributed by atoms with van der Waals surface area (Å²) in [7, 11) is 1.32. The predicted molar refractivity (Wildman–Crippen MR) is 70.3 cm³/mol. The van der Waals surface area contributed by atoms with E-state index in [4.69, 9.17) is 9.47 Å². The first-order chi connectivity index (χ1) is 9.50. The number of hydrogen-bond donors (Lipinski definition) is 0. The van der Waals surface area contributed by atoms with Crippen molar-refractivity contribution >= 4 is 12.4 Å². The van der Waals surface area contributed by atoms with Crippen molar-refractivity contribution in [1.82, 2.24) is 4.98 Å². The van der Waals surface area contributed by atoms with Gasteiger partial charge in [-0.3, -0.25) is 4.98 Å². The monoisotopic (exact) mass is 321 g/mol. The molecule has 0 bridgehead atoms. The molecule has 0 saturated heterocycles. The van der Waals surface area contributed by atoms with Gasteiger partial charge in [0, 0.05) is 6.20 Å². The molecular formula is C13H12BF3KNO2. The molecule has 21 heavy (non-hydrogen) atoms. The van der Waals surface area contributed by atoms with E-state index in [2.05, 4.69) is 4.98 Å². The van der Waals surface area contributed by atoms with Crippen molar-refractivity contribution in [3.63, 3.8) is 0 Å². The molecule has 106 valence electrons. The molecule has 0 fully saturated rings. The van der Waals surface area contributed by atoms with Crippen LogP contribution in [0, 0.1) is 0 Å². The molecule has 1 heterocycles. The number of nitrogens with zero attached hydrogens (tertiary/aromatic N) is 1. The molecule has 2 rings (SSSR count). The van der Waals surface area contributed by atoms with Crippen LogP contribution in [0.5, 0.6) is 11.5 Å². The number of methoxy groups -OCH3 is 1. The summed E-state index contributed by atoms with van der Waals surface area (Å²) in [5, 5.41) is 0. The fraction of sp³-hybridized carbons (Fsp3) is 0.154. The van der Waals surface area contributed by atoms with E-state index in [0.29, 0.717) is 5.69 Å². The number of benzene rings is 1. The summed E-state index contributed by atoms with van der Waals surface area (Å²) >= 11 is 0. The maximum atomic E-state index is 13.0. The average Bonchev–Trinajstić information content (AvgIpc) is 2.45. The van der Waals surface area contributed by atoms with Crippen molar-refractivity contribution in [3.05, 3.63) is 48.3 Å². The fourth-order valence-electron chi connectivity index (χ4n) is 1.68. The average molecular weight is 321 g/mol. The summed E-state index contributed by atoms with van der Waals surface area (Å²) in [4.78, 5) is 3.99. The van der Waals surface area contributed by atoms with E-state index >= 15 is 0 Å². The molecule has 0 radical (unpaired) electrons. The van der Waals surface area contributed by atoms with Crippen LogP contribution in [-0.2, 0) is 6.61 Å². The number of aromatic nitrogens is 1. The molecule has 0 spiro atoms. The van der Waals surface area contributed by atoms with Crippen LogP contribution in [0.25, 0.3) is 0 Å². The number of rotatable bonds is 5. The third-order valence-electron chi connectivity index (χ3n) is 2.67. The predicted octanol–water partition coefficient (Wildman–Crippen LogP) is -0.272. The SMILES string of the molecule is COc1ccc(OCc2ccccn2)c([B-](F)(F)F)c1.[K+]. The summed E-state index contributed by atoms with van der Waals surface area (Å²) in [6.45, 7) is -5.19. The molecule has 8 heteroatoms. The molecule has 0 N–H and O–H groups in total. The van der Waals surface area contributed by atoms with Gasteiger partial charge in [0.05, 0.1) is 18.6 Å². The van der Waals surface area contributed by atoms with Gasteiger partial charge in [-0.15, -0.1) is 0 Å². The van der Waals surface area contributed by atoms with Crippen LogP contribution < -0.4 is 66.3 Å².